The van der Waals surface area contributed by atoms with Gasteiger partial charge in [0.25, 0.3) is 0 Å². The van der Waals surface area contributed by atoms with Crippen molar-refractivity contribution in [2.45, 2.75) is 13.3 Å². The number of aryl methyl sites for hydroxylation is 1. The zero-order chi connectivity index (χ0) is 16.1. The molecule has 1 N–H and O–H groups in total. The highest BCUT2D eigenvalue weighted by atomic mass is 32.2. The van der Waals surface area contributed by atoms with E-state index in [2.05, 4.69) is 5.32 Å². The van der Waals surface area contributed by atoms with E-state index in [1.165, 1.54) is 22.7 Å². The van der Waals surface area contributed by atoms with Crippen molar-refractivity contribution in [2.75, 3.05) is 41.2 Å². The number of rotatable bonds is 2. The molecular formula is C14H19N3O4S. The van der Waals surface area contributed by atoms with Crippen LogP contribution in [0.1, 0.15) is 12.0 Å². The van der Waals surface area contributed by atoms with Gasteiger partial charge in [0.15, 0.2) is 0 Å². The van der Waals surface area contributed by atoms with E-state index in [1.807, 2.05) is 6.92 Å². The first-order valence-corrected chi connectivity index (χ1v) is 8.48. The van der Waals surface area contributed by atoms with Crippen molar-refractivity contribution in [1.82, 2.24) is 0 Å². The number of benzene rings is 1. The average molecular weight is 325 g/mol. The van der Waals surface area contributed by atoms with Gasteiger partial charge in [-0.15, -0.1) is 0 Å². The summed E-state index contributed by atoms with van der Waals surface area (Å²) in [5, 5.41) is 2.89. The van der Waals surface area contributed by atoms with Gasteiger partial charge in [-0.2, -0.15) is 8.42 Å². The molecule has 1 amide bonds. The molecule has 1 atom stereocenters. The zero-order valence-corrected chi connectivity index (χ0v) is 13.6. The fraction of sp³-hybridized carbons (Fsp3) is 0.500. The number of anilines is 3. The van der Waals surface area contributed by atoms with Gasteiger partial charge in [-0.05, 0) is 31.0 Å². The maximum Gasteiger partial charge on any atom is 0.326 e. The Morgan fingerprint density at radius 3 is 2.50 bits per heavy atom. The predicted octanol–water partition coefficient (Wildman–Crippen LogP) is 1.10. The van der Waals surface area contributed by atoms with Crippen LogP contribution in [0.15, 0.2) is 12.1 Å². The highest BCUT2D eigenvalue weighted by molar-refractivity contribution is 7.94. The number of hydrogen-bond donors (Lipinski definition) is 1. The molecule has 1 aromatic carbocycles. The second kappa shape index (κ2) is 5.13. The van der Waals surface area contributed by atoms with Gasteiger partial charge in [0.05, 0.1) is 23.9 Å². The Kier molecular flexibility index (Phi) is 3.53. The maximum absolute atomic E-state index is 12.2. The molecule has 0 aromatic heterocycles. The lowest BCUT2D eigenvalue weighted by Gasteiger charge is -2.14. The molecule has 2 aliphatic heterocycles. The number of fused-ring (bicyclic) bond motifs is 1. The summed E-state index contributed by atoms with van der Waals surface area (Å²) in [7, 11) is -0.484. The van der Waals surface area contributed by atoms with E-state index in [9.17, 15) is 13.2 Å². The number of amides is 1. The molecule has 2 aliphatic rings. The van der Waals surface area contributed by atoms with Crippen LogP contribution in [-0.4, -0.2) is 41.6 Å². The summed E-state index contributed by atoms with van der Waals surface area (Å²) in [5.41, 5.74) is 2.63. The third-order valence-electron chi connectivity index (χ3n) is 4.25. The van der Waals surface area contributed by atoms with Crippen LogP contribution >= 0.6 is 0 Å². The summed E-state index contributed by atoms with van der Waals surface area (Å²) in [6.07, 6.45) is 0.715. The molecule has 120 valence electrons. The monoisotopic (exact) mass is 325 g/mol. The average Bonchev–Trinajstić information content (AvgIpc) is 3.05. The number of carbonyl (C=O) groups is 1. The van der Waals surface area contributed by atoms with E-state index in [1.54, 1.807) is 12.1 Å². The Bertz CT molecular complexity index is 726. The van der Waals surface area contributed by atoms with Crippen LogP contribution in [0, 0.1) is 12.8 Å². The molecule has 0 bridgehead atoms. The first-order valence-electron chi connectivity index (χ1n) is 7.08. The van der Waals surface area contributed by atoms with Crippen LogP contribution in [0.3, 0.4) is 0 Å². The van der Waals surface area contributed by atoms with E-state index in [0.29, 0.717) is 36.7 Å². The van der Waals surface area contributed by atoms with Gasteiger partial charge < -0.3 is 10.1 Å². The number of hydrogen-bond acceptors (Lipinski definition) is 4. The normalized spacial score (nSPS) is 22.8. The molecule has 7 nitrogen and oxygen atoms in total. The Balaban J connectivity index is 1.92. The summed E-state index contributed by atoms with van der Waals surface area (Å²) in [5.74, 6) is -0.228. The van der Waals surface area contributed by atoms with Crippen molar-refractivity contribution >= 4 is 33.2 Å². The molecule has 0 radical (unpaired) electrons. The first kappa shape index (κ1) is 15.1. The van der Waals surface area contributed by atoms with Crippen LogP contribution in [-0.2, 0) is 19.7 Å². The van der Waals surface area contributed by atoms with E-state index < -0.39 is 10.2 Å². The zero-order valence-electron chi connectivity index (χ0n) is 12.8. The van der Waals surface area contributed by atoms with Crippen molar-refractivity contribution in [3.05, 3.63) is 17.7 Å². The molecule has 1 fully saturated rings. The third-order valence-corrected chi connectivity index (χ3v) is 6.03. The van der Waals surface area contributed by atoms with Crippen molar-refractivity contribution in [2.24, 2.45) is 5.92 Å². The van der Waals surface area contributed by atoms with E-state index in [0.717, 1.165) is 5.56 Å². The predicted molar refractivity (Wildman–Crippen MR) is 84.5 cm³/mol. The molecule has 2 heterocycles. The van der Waals surface area contributed by atoms with Gasteiger partial charge in [0, 0.05) is 26.4 Å². The second-order valence-corrected chi connectivity index (χ2v) is 7.64. The van der Waals surface area contributed by atoms with Crippen LogP contribution in [0.2, 0.25) is 0 Å². The Morgan fingerprint density at radius 1 is 1.27 bits per heavy atom. The third kappa shape index (κ3) is 2.22. The Morgan fingerprint density at radius 2 is 1.91 bits per heavy atom. The van der Waals surface area contributed by atoms with Gasteiger partial charge in [-0.1, -0.05) is 0 Å². The lowest BCUT2D eigenvalue weighted by Crippen LogP contribution is -2.32. The van der Waals surface area contributed by atoms with Gasteiger partial charge in [0.2, 0.25) is 5.91 Å². The van der Waals surface area contributed by atoms with Crippen LogP contribution in [0.25, 0.3) is 0 Å². The van der Waals surface area contributed by atoms with Crippen molar-refractivity contribution < 1.29 is 17.9 Å². The molecule has 8 heteroatoms. The Hall–Kier alpha value is -1.80. The minimum Gasteiger partial charge on any atom is -0.381 e. The molecule has 3 rings (SSSR count). The largest absolute Gasteiger partial charge is 0.381 e. The number of carbonyl (C=O) groups excluding carboxylic acids is 1. The maximum atomic E-state index is 12.2. The van der Waals surface area contributed by atoms with Crippen LogP contribution in [0.4, 0.5) is 17.1 Å². The number of nitrogens with one attached hydrogen (secondary N) is 1. The minimum atomic E-state index is -3.51. The fourth-order valence-electron chi connectivity index (χ4n) is 2.73. The molecule has 0 aliphatic carbocycles. The van der Waals surface area contributed by atoms with Gasteiger partial charge in [-0.3, -0.25) is 13.4 Å². The van der Waals surface area contributed by atoms with Gasteiger partial charge in [-0.25, -0.2) is 0 Å². The molecule has 1 saturated heterocycles. The number of ether oxygens (including phenoxy) is 1. The molecule has 0 saturated carbocycles. The molecule has 1 aromatic rings. The molecular weight excluding hydrogens is 306 g/mol. The smallest absolute Gasteiger partial charge is 0.326 e. The van der Waals surface area contributed by atoms with Crippen molar-refractivity contribution in [3.63, 3.8) is 0 Å². The van der Waals surface area contributed by atoms with Gasteiger partial charge >= 0.3 is 10.2 Å². The highest BCUT2D eigenvalue weighted by Crippen LogP contribution is 2.42. The second-order valence-electron chi connectivity index (χ2n) is 5.65. The minimum absolute atomic E-state index is 0.0857. The fourth-order valence-corrected chi connectivity index (χ4v) is 3.89. The van der Waals surface area contributed by atoms with Gasteiger partial charge in [0.1, 0.15) is 0 Å². The molecule has 22 heavy (non-hydrogen) atoms. The summed E-state index contributed by atoms with van der Waals surface area (Å²) in [4.78, 5) is 12.2. The summed E-state index contributed by atoms with van der Waals surface area (Å²) in [6.45, 7) is 2.89. The van der Waals surface area contributed by atoms with Crippen LogP contribution < -0.4 is 13.9 Å². The lowest BCUT2D eigenvalue weighted by molar-refractivity contribution is -0.119. The first-order chi connectivity index (χ1) is 10.3. The highest BCUT2D eigenvalue weighted by Gasteiger charge is 2.36. The SMILES string of the molecule is Cc1cc2c(cc1NC(=O)[C@@H]1CCOC1)N(C)S(=O)(=O)N2C. The van der Waals surface area contributed by atoms with Crippen molar-refractivity contribution in [3.8, 4) is 0 Å². The Labute approximate surface area is 130 Å². The standard InChI is InChI=1S/C14H19N3O4S/c1-9-6-12-13(17(3)22(19,20)16(12)2)7-11(9)15-14(18)10-4-5-21-8-10/h6-7,10H,4-5,8H2,1-3H3,(H,15,18)/t10-/m1/s1. The lowest BCUT2D eigenvalue weighted by atomic mass is 10.1. The van der Waals surface area contributed by atoms with E-state index in [4.69, 9.17) is 4.74 Å². The molecule has 0 unspecified atom stereocenters. The molecule has 0 spiro atoms. The summed E-state index contributed by atoms with van der Waals surface area (Å²) < 4.78 is 32.0. The quantitative estimate of drug-likeness (QED) is 0.883. The van der Waals surface area contributed by atoms with E-state index >= 15 is 0 Å². The number of nitrogens with zero attached hydrogens (tertiary/aromatic N) is 2. The topological polar surface area (TPSA) is 79.0 Å². The van der Waals surface area contributed by atoms with Crippen molar-refractivity contribution in [1.29, 1.82) is 0 Å². The van der Waals surface area contributed by atoms with Crippen LogP contribution in [0.5, 0.6) is 0 Å². The summed E-state index contributed by atoms with van der Waals surface area (Å²) in [6, 6.07) is 3.48. The summed E-state index contributed by atoms with van der Waals surface area (Å²) >= 11 is 0. The van der Waals surface area contributed by atoms with E-state index in [-0.39, 0.29) is 11.8 Å².